The summed E-state index contributed by atoms with van der Waals surface area (Å²) in [7, 11) is 1.60. The minimum Gasteiger partial charge on any atom is -0.388 e. The standard InChI is InChI=1S/C8H17N5O2/c1-8(14,3-4-15-2)5-10-7-11-6(9)12-13-7/h14H,3-5H2,1-2H3,(H4,9,10,11,12,13). The second kappa shape index (κ2) is 4.94. The van der Waals surface area contributed by atoms with Gasteiger partial charge in [0, 0.05) is 26.7 Å². The van der Waals surface area contributed by atoms with Gasteiger partial charge in [-0.05, 0) is 6.92 Å². The highest BCUT2D eigenvalue weighted by Crippen LogP contribution is 2.10. The molecule has 0 bridgehead atoms. The molecule has 1 aromatic rings. The summed E-state index contributed by atoms with van der Waals surface area (Å²) < 4.78 is 4.89. The van der Waals surface area contributed by atoms with Crippen molar-refractivity contribution in [3.63, 3.8) is 0 Å². The molecule has 1 atom stereocenters. The van der Waals surface area contributed by atoms with Gasteiger partial charge in [0.1, 0.15) is 0 Å². The Kier molecular flexibility index (Phi) is 3.87. The Balaban J connectivity index is 2.35. The summed E-state index contributed by atoms with van der Waals surface area (Å²) in [6.45, 7) is 2.56. The predicted octanol–water partition coefficient (Wildman–Crippen LogP) is -0.414. The van der Waals surface area contributed by atoms with Crippen LogP contribution in [0.5, 0.6) is 0 Å². The summed E-state index contributed by atoms with van der Waals surface area (Å²) in [6, 6.07) is 0. The number of ether oxygens (including phenoxy) is 1. The predicted molar refractivity (Wildman–Crippen MR) is 56.4 cm³/mol. The maximum atomic E-state index is 9.87. The number of methoxy groups -OCH3 is 1. The van der Waals surface area contributed by atoms with Gasteiger partial charge >= 0.3 is 0 Å². The molecule has 0 radical (unpaired) electrons. The molecule has 15 heavy (non-hydrogen) atoms. The van der Waals surface area contributed by atoms with Crippen molar-refractivity contribution in [1.29, 1.82) is 0 Å². The van der Waals surface area contributed by atoms with Crippen molar-refractivity contribution in [2.24, 2.45) is 0 Å². The van der Waals surface area contributed by atoms with Gasteiger partial charge in [0.05, 0.1) is 5.60 Å². The van der Waals surface area contributed by atoms with Crippen molar-refractivity contribution in [2.75, 3.05) is 31.3 Å². The third kappa shape index (κ3) is 4.13. The van der Waals surface area contributed by atoms with E-state index < -0.39 is 5.60 Å². The van der Waals surface area contributed by atoms with Gasteiger partial charge in [-0.15, -0.1) is 5.10 Å². The molecule has 1 unspecified atom stereocenters. The first-order valence-corrected chi connectivity index (χ1v) is 4.66. The lowest BCUT2D eigenvalue weighted by atomic mass is 10.0. The van der Waals surface area contributed by atoms with E-state index in [9.17, 15) is 5.11 Å². The average molecular weight is 215 g/mol. The molecule has 86 valence electrons. The van der Waals surface area contributed by atoms with Crippen molar-refractivity contribution in [1.82, 2.24) is 15.2 Å². The fourth-order valence-electron chi connectivity index (χ4n) is 1.03. The Morgan fingerprint density at radius 1 is 1.67 bits per heavy atom. The number of nitrogens with two attached hydrogens (primary N) is 1. The molecule has 5 N–H and O–H groups in total. The molecule has 0 aliphatic carbocycles. The molecular weight excluding hydrogens is 198 g/mol. The van der Waals surface area contributed by atoms with Gasteiger partial charge < -0.3 is 20.9 Å². The van der Waals surface area contributed by atoms with Gasteiger partial charge in [0.25, 0.3) is 0 Å². The third-order valence-corrected chi connectivity index (χ3v) is 1.97. The normalized spacial score (nSPS) is 14.9. The summed E-state index contributed by atoms with van der Waals surface area (Å²) in [5.74, 6) is 0.624. The van der Waals surface area contributed by atoms with Crippen LogP contribution in [0.3, 0.4) is 0 Å². The fraction of sp³-hybridized carbons (Fsp3) is 0.750. The maximum absolute atomic E-state index is 9.87. The van der Waals surface area contributed by atoms with E-state index in [1.807, 2.05) is 0 Å². The summed E-state index contributed by atoms with van der Waals surface area (Å²) >= 11 is 0. The number of rotatable bonds is 6. The molecule has 0 aliphatic rings. The van der Waals surface area contributed by atoms with E-state index in [0.717, 1.165) is 0 Å². The maximum Gasteiger partial charge on any atom is 0.243 e. The SMILES string of the molecule is COCCC(C)(O)CNc1n[nH]c(N)n1. The van der Waals surface area contributed by atoms with Crippen LogP contribution in [0.25, 0.3) is 0 Å². The molecule has 0 aromatic carbocycles. The zero-order valence-corrected chi connectivity index (χ0v) is 8.95. The number of aromatic nitrogens is 3. The van der Waals surface area contributed by atoms with Crippen LogP contribution in [0, 0.1) is 0 Å². The monoisotopic (exact) mass is 215 g/mol. The number of nitrogens with one attached hydrogen (secondary N) is 2. The molecule has 0 amide bonds. The highest BCUT2D eigenvalue weighted by Gasteiger charge is 2.20. The van der Waals surface area contributed by atoms with Crippen molar-refractivity contribution in [3.8, 4) is 0 Å². The molecule has 1 aromatic heterocycles. The van der Waals surface area contributed by atoms with Gasteiger partial charge in [-0.25, -0.2) is 5.10 Å². The molecule has 7 nitrogen and oxygen atoms in total. The van der Waals surface area contributed by atoms with E-state index >= 15 is 0 Å². The lowest BCUT2D eigenvalue weighted by Gasteiger charge is -2.22. The van der Waals surface area contributed by atoms with Gasteiger partial charge in [0.2, 0.25) is 11.9 Å². The van der Waals surface area contributed by atoms with Crippen LogP contribution in [0.1, 0.15) is 13.3 Å². The molecule has 0 fully saturated rings. The first-order chi connectivity index (χ1) is 7.03. The quantitative estimate of drug-likeness (QED) is 0.513. The Bertz CT molecular complexity index is 299. The van der Waals surface area contributed by atoms with E-state index in [1.165, 1.54) is 0 Å². The Labute approximate surface area is 88.0 Å². The van der Waals surface area contributed by atoms with E-state index in [4.69, 9.17) is 10.5 Å². The molecule has 1 heterocycles. The van der Waals surface area contributed by atoms with Crippen molar-refractivity contribution in [3.05, 3.63) is 0 Å². The molecular formula is C8H17N5O2. The number of nitrogens with zero attached hydrogens (tertiary/aromatic N) is 2. The lowest BCUT2D eigenvalue weighted by molar-refractivity contribution is 0.0356. The van der Waals surface area contributed by atoms with Crippen molar-refractivity contribution < 1.29 is 9.84 Å². The fourth-order valence-corrected chi connectivity index (χ4v) is 1.03. The first kappa shape index (κ1) is 11.7. The minimum atomic E-state index is -0.856. The molecule has 0 spiro atoms. The van der Waals surface area contributed by atoms with Crippen LogP contribution < -0.4 is 11.1 Å². The van der Waals surface area contributed by atoms with Crippen LogP contribution in [-0.2, 0) is 4.74 Å². The summed E-state index contributed by atoms with van der Waals surface area (Å²) in [6.07, 6.45) is 0.538. The average Bonchev–Trinajstić information content (AvgIpc) is 2.59. The van der Waals surface area contributed by atoms with Gasteiger partial charge in [-0.2, -0.15) is 4.98 Å². The van der Waals surface area contributed by atoms with Crippen molar-refractivity contribution in [2.45, 2.75) is 18.9 Å². The number of nitrogen functional groups attached to an aromatic ring is 1. The molecule has 7 heteroatoms. The summed E-state index contributed by atoms with van der Waals surface area (Å²) in [4.78, 5) is 3.85. The van der Waals surface area contributed by atoms with Crippen LogP contribution >= 0.6 is 0 Å². The number of aliphatic hydroxyl groups is 1. The zero-order valence-electron chi connectivity index (χ0n) is 8.95. The molecule has 1 rings (SSSR count). The second-order valence-corrected chi connectivity index (χ2v) is 3.64. The third-order valence-electron chi connectivity index (χ3n) is 1.97. The van der Waals surface area contributed by atoms with E-state index in [2.05, 4.69) is 20.5 Å². The van der Waals surface area contributed by atoms with E-state index in [1.54, 1.807) is 14.0 Å². The number of hydrogen-bond acceptors (Lipinski definition) is 6. The highest BCUT2D eigenvalue weighted by molar-refractivity contribution is 5.30. The van der Waals surface area contributed by atoms with Crippen LogP contribution in [0.2, 0.25) is 0 Å². The van der Waals surface area contributed by atoms with Crippen LogP contribution in [0.4, 0.5) is 11.9 Å². The molecule has 0 saturated carbocycles. The number of H-pyrrole nitrogens is 1. The second-order valence-electron chi connectivity index (χ2n) is 3.64. The van der Waals surface area contributed by atoms with Gasteiger partial charge in [-0.1, -0.05) is 0 Å². The smallest absolute Gasteiger partial charge is 0.243 e. The topological polar surface area (TPSA) is 109 Å². The highest BCUT2D eigenvalue weighted by atomic mass is 16.5. The van der Waals surface area contributed by atoms with Crippen molar-refractivity contribution >= 4 is 11.9 Å². The van der Waals surface area contributed by atoms with E-state index in [0.29, 0.717) is 25.5 Å². The number of hydrogen-bond donors (Lipinski definition) is 4. The van der Waals surface area contributed by atoms with Crippen LogP contribution in [-0.4, -0.2) is 46.2 Å². The van der Waals surface area contributed by atoms with Gasteiger partial charge in [-0.3, -0.25) is 0 Å². The Morgan fingerprint density at radius 2 is 2.40 bits per heavy atom. The lowest BCUT2D eigenvalue weighted by Crippen LogP contribution is -2.34. The largest absolute Gasteiger partial charge is 0.388 e. The molecule has 0 aliphatic heterocycles. The zero-order chi connectivity index (χ0) is 11.3. The Hall–Kier alpha value is -1.34. The molecule has 0 saturated heterocycles. The Morgan fingerprint density at radius 3 is 2.93 bits per heavy atom. The van der Waals surface area contributed by atoms with Gasteiger partial charge in [0.15, 0.2) is 0 Å². The summed E-state index contributed by atoms with van der Waals surface area (Å²) in [5, 5.41) is 19.0. The van der Waals surface area contributed by atoms with E-state index in [-0.39, 0.29) is 5.95 Å². The first-order valence-electron chi connectivity index (χ1n) is 4.66. The number of aromatic amines is 1. The van der Waals surface area contributed by atoms with Crippen LogP contribution in [0.15, 0.2) is 0 Å². The number of anilines is 2. The minimum absolute atomic E-state index is 0.244. The summed E-state index contributed by atoms with van der Waals surface area (Å²) in [5.41, 5.74) is 4.49.